The monoisotopic (exact) mass is 308 g/mol. The fourth-order valence-electron chi connectivity index (χ4n) is 1.83. The van der Waals surface area contributed by atoms with Crippen LogP contribution in [0.15, 0.2) is 41.8 Å². The van der Waals surface area contributed by atoms with E-state index < -0.39 is 0 Å². The molecule has 0 bridgehead atoms. The van der Waals surface area contributed by atoms with E-state index in [-0.39, 0.29) is 12.1 Å². The lowest BCUT2D eigenvalue weighted by molar-refractivity contribution is 0.195. The summed E-state index contributed by atoms with van der Waals surface area (Å²) in [5.41, 5.74) is 0.916. The Kier molecular flexibility index (Phi) is 5.04. The maximum absolute atomic E-state index is 12.1. The smallest absolute Gasteiger partial charge is 0.317 e. The minimum atomic E-state index is -0.106. The van der Waals surface area contributed by atoms with Crippen LogP contribution in [0.2, 0.25) is 5.02 Å². The highest BCUT2D eigenvalue weighted by Gasteiger charge is 2.17. The number of carbonyl (C=O) groups excluding carboxylic acids is 1. The van der Waals surface area contributed by atoms with Crippen LogP contribution in [0, 0.1) is 0 Å². The molecule has 0 saturated carbocycles. The first-order chi connectivity index (χ1) is 9.59. The van der Waals surface area contributed by atoms with E-state index in [1.807, 2.05) is 48.7 Å². The van der Waals surface area contributed by atoms with Crippen LogP contribution >= 0.6 is 22.9 Å². The van der Waals surface area contributed by atoms with E-state index in [9.17, 15) is 4.79 Å². The predicted molar refractivity (Wildman–Crippen MR) is 84.2 cm³/mol. The first-order valence-corrected chi connectivity index (χ1v) is 7.63. The fourth-order valence-corrected chi connectivity index (χ4v) is 2.86. The molecule has 3 nitrogen and oxygen atoms in total. The van der Waals surface area contributed by atoms with Crippen molar-refractivity contribution in [1.29, 1.82) is 0 Å². The van der Waals surface area contributed by atoms with E-state index >= 15 is 0 Å². The van der Waals surface area contributed by atoms with Gasteiger partial charge in [0, 0.05) is 23.5 Å². The summed E-state index contributed by atoms with van der Waals surface area (Å²) in [6, 6.07) is 11.5. The van der Waals surface area contributed by atoms with Gasteiger partial charge in [-0.2, -0.15) is 0 Å². The molecule has 5 heteroatoms. The number of carbonyl (C=O) groups is 1. The zero-order valence-electron chi connectivity index (χ0n) is 11.5. The number of halogens is 1. The number of thiophene rings is 1. The first kappa shape index (κ1) is 14.9. The predicted octanol–water partition coefficient (Wildman–Crippen LogP) is 4.30. The highest BCUT2D eigenvalue weighted by atomic mass is 35.5. The van der Waals surface area contributed by atoms with Gasteiger partial charge in [0.15, 0.2) is 0 Å². The van der Waals surface area contributed by atoms with E-state index in [0.29, 0.717) is 11.6 Å². The third kappa shape index (κ3) is 3.52. The standard InChI is InChI=1S/C15H17ClN2OS/c1-11(14-8-5-9-20-14)18(2)15(19)17-10-12-6-3-4-7-13(12)16/h3-9,11H,10H2,1-2H3,(H,17,19). The molecule has 0 spiro atoms. The molecule has 2 rings (SSSR count). The van der Waals surface area contributed by atoms with E-state index in [4.69, 9.17) is 11.6 Å². The molecule has 1 N–H and O–H groups in total. The number of nitrogens with zero attached hydrogens (tertiary/aromatic N) is 1. The van der Waals surface area contributed by atoms with Gasteiger partial charge in [-0.1, -0.05) is 35.9 Å². The van der Waals surface area contributed by atoms with Crippen molar-refractivity contribution >= 4 is 29.0 Å². The van der Waals surface area contributed by atoms with Gasteiger partial charge in [-0.15, -0.1) is 11.3 Å². The molecule has 0 radical (unpaired) electrons. The van der Waals surface area contributed by atoms with Crippen molar-refractivity contribution in [2.75, 3.05) is 7.05 Å². The molecular formula is C15H17ClN2OS. The number of hydrogen-bond acceptors (Lipinski definition) is 2. The summed E-state index contributed by atoms with van der Waals surface area (Å²) in [5, 5.41) is 5.57. The maximum atomic E-state index is 12.1. The third-order valence-electron chi connectivity index (χ3n) is 3.24. The highest BCUT2D eigenvalue weighted by Crippen LogP contribution is 2.23. The van der Waals surface area contributed by atoms with Crippen molar-refractivity contribution < 1.29 is 4.79 Å². The van der Waals surface area contributed by atoms with Crippen LogP contribution in [0.1, 0.15) is 23.4 Å². The van der Waals surface area contributed by atoms with Gasteiger partial charge in [0.05, 0.1) is 6.04 Å². The molecule has 1 atom stereocenters. The molecule has 20 heavy (non-hydrogen) atoms. The Hall–Kier alpha value is -1.52. The fraction of sp³-hybridized carbons (Fsp3) is 0.267. The lowest BCUT2D eigenvalue weighted by Crippen LogP contribution is -2.38. The van der Waals surface area contributed by atoms with Crippen molar-refractivity contribution in [2.45, 2.75) is 19.5 Å². The molecule has 0 fully saturated rings. The zero-order valence-corrected chi connectivity index (χ0v) is 13.0. The molecule has 106 valence electrons. The normalized spacial score (nSPS) is 11.9. The minimum absolute atomic E-state index is 0.0567. The summed E-state index contributed by atoms with van der Waals surface area (Å²) in [6.07, 6.45) is 0. The van der Waals surface area contributed by atoms with Gasteiger partial charge in [-0.25, -0.2) is 4.79 Å². The largest absolute Gasteiger partial charge is 0.334 e. The number of benzene rings is 1. The minimum Gasteiger partial charge on any atom is -0.334 e. The summed E-state index contributed by atoms with van der Waals surface area (Å²) >= 11 is 7.72. The molecule has 0 saturated heterocycles. The van der Waals surface area contributed by atoms with Crippen molar-refractivity contribution in [3.05, 3.63) is 57.2 Å². The molecule has 1 heterocycles. The van der Waals surface area contributed by atoms with Crippen molar-refractivity contribution in [1.82, 2.24) is 10.2 Å². The van der Waals surface area contributed by atoms with Crippen LogP contribution in [0.25, 0.3) is 0 Å². The van der Waals surface area contributed by atoms with Crippen molar-refractivity contribution in [2.24, 2.45) is 0 Å². The Morgan fingerprint density at radius 2 is 2.10 bits per heavy atom. The molecule has 0 aliphatic heterocycles. The second kappa shape index (κ2) is 6.77. The number of nitrogens with one attached hydrogen (secondary N) is 1. The Morgan fingerprint density at radius 1 is 1.35 bits per heavy atom. The number of urea groups is 1. The zero-order chi connectivity index (χ0) is 14.5. The van der Waals surface area contributed by atoms with E-state index in [1.54, 1.807) is 23.3 Å². The molecule has 0 aliphatic carbocycles. The number of hydrogen-bond donors (Lipinski definition) is 1. The van der Waals surface area contributed by atoms with Gasteiger partial charge in [-0.05, 0) is 30.0 Å². The summed E-state index contributed by atoms with van der Waals surface area (Å²) in [5.74, 6) is 0. The summed E-state index contributed by atoms with van der Waals surface area (Å²) in [6.45, 7) is 2.45. The lowest BCUT2D eigenvalue weighted by Gasteiger charge is -2.24. The Labute approximate surface area is 128 Å². The summed E-state index contributed by atoms with van der Waals surface area (Å²) < 4.78 is 0. The molecule has 1 unspecified atom stereocenters. The van der Waals surface area contributed by atoms with E-state index in [2.05, 4.69) is 5.32 Å². The summed E-state index contributed by atoms with van der Waals surface area (Å²) in [4.78, 5) is 15.0. The molecule has 0 aliphatic rings. The third-order valence-corrected chi connectivity index (χ3v) is 4.66. The van der Waals surface area contributed by atoms with Gasteiger partial charge in [0.1, 0.15) is 0 Å². The van der Waals surface area contributed by atoms with Gasteiger partial charge in [0.2, 0.25) is 0 Å². The molecule has 2 amide bonds. The van der Waals surface area contributed by atoms with Crippen LogP contribution < -0.4 is 5.32 Å². The number of amides is 2. The number of rotatable bonds is 4. The molecule has 2 aromatic rings. The SMILES string of the molecule is CC(c1cccs1)N(C)C(=O)NCc1ccccc1Cl. The van der Waals surface area contributed by atoms with Crippen molar-refractivity contribution in [3.63, 3.8) is 0 Å². The van der Waals surface area contributed by atoms with E-state index in [1.165, 1.54) is 4.88 Å². The highest BCUT2D eigenvalue weighted by molar-refractivity contribution is 7.10. The second-order valence-electron chi connectivity index (χ2n) is 4.55. The summed E-state index contributed by atoms with van der Waals surface area (Å²) in [7, 11) is 1.80. The van der Waals surface area contributed by atoms with Gasteiger partial charge < -0.3 is 10.2 Å². The van der Waals surface area contributed by atoms with Crippen LogP contribution in [-0.4, -0.2) is 18.0 Å². The average Bonchev–Trinajstić information content (AvgIpc) is 2.98. The molecular weight excluding hydrogens is 292 g/mol. The van der Waals surface area contributed by atoms with Gasteiger partial charge >= 0.3 is 6.03 Å². The average molecular weight is 309 g/mol. The van der Waals surface area contributed by atoms with Crippen LogP contribution in [-0.2, 0) is 6.54 Å². The second-order valence-corrected chi connectivity index (χ2v) is 5.94. The van der Waals surface area contributed by atoms with Crippen molar-refractivity contribution in [3.8, 4) is 0 Å². The first-order valence-electron chi connectivity index (χ1n) is 6.37. The Bertz CT molecular complexity index is 571. The van der Waals surface area contributed by atoms with Crippen LogP contribution in [0.5, 0.6) is 0 Å². The van der Waals surface area contributed by atoms with Crippen LogP contribution in [0.4, 0.5) is 4.79 Å². The Morgan fingerprint density at radius 3 is 2.75 bits per heavy atom. The lowest BCUT2D eigenvalue weighted by atomic mass is 10.2. The van der Waals surface area contributed by atoms with Crippen LogP contribution in [0.3, 0.4) is 0 Å². The van der Waals surface area contributed by atoms with Gasteiger partial charge in [0.25, 0.3) is 0 Å². The Balaban J connectivity index is 1.93. The quantitative estimate of drug-likeness (QED) is 0.897. The molecule has 1 aromatic carbocycles. The van der Waals surface area contributed by atoms with Gasteiger partial charge in [-0.3, -0.25) is 0 Å². The topological polar surface area (TPSA) is 32.3 Å². The van der Waals surface area contributed by atoms with E-state index in [0.717, 1.165) is 5.56 Å². The maximum Gasteiger partial charge on any atom is 0.317 e. The molecule has 1 aromatic heterocycles.